The van der Waals surface area contributed by atoms with Crippen LogP contribution < -0.4 is 9.47 Å². The number of ether oxygens (including phenoxy) is 2. The molecule has 1 fully saturated rings. The molecular weight excluding hydrogens is 256 g/mol. The molecule has 1 aliphatic carbocycles. The van der Waals surface area contributed by atoms with Crippen LogP contribution in [0.25, 0.3) is 0 Å². The smallest absolute Gasteiger partial charge is 0.304 e. The third kappa shape index (κ3) is 2.60. The minimum absolute atomic E-state index is 0.183. The van der Waals surface area contributed by atoms with Crippen molar-refractivity contribution in [2.24, 2.45) is 0 Å². The second kappa shape index (κ2) is 5.35. The molecule has 0 atom stereocenters. The van der Waals surface area contributed by atoms with Crippen LogP contribution in [0.4, 0.5) is 0 Å². The second-order valence-corrected chi connectivity index (χ2v) is 5.80. The highest BCUT2D eigenvalue weighted by Crippen LogP contribution is 2.54. The first-order valence-electron chi connectivity index (χ1n) is 6.91. The number of rotatable bonds is 6. The molecule has 0 unspecified atom stereocenters. The Balaban J connectivity index is 2.53. The van der Waals surface area contributed by atoms with E-state index in [2.05, 4.69) is 13.8 Å². The van der Waals surface area contributed by atoms with Gasteiger partial charge in [-0.1, -0.05) is 13.8 Å². The van der Waals surface area contributed by atoms with Crippen molar-refractivity contribution < 1.29 is 19.4 Å². The highest BCUT2D eigenvalue weighted by molar-refractivity contribution is 5.71. The standard InChI is InChI=1S/C16H22O4/c1-10(2)11-7-13(19-3)14(20-4)8-12(11)16(5-6-16)9-15(17)18/h7-8,10H,5-6,9H2,1-4H3,(H,17,18). The number of carbonyl (C=O) groups is 1. The van der Waals surface area contributed by atoms with Crippen molar-refractivity contribution in [2.75, 3.05) is 14.2 Å². The van der Waals surface area contributed by atoms with Gasteiger partial charge in [0.1, 0.15) is 0 Å². The summed E-state index contributed by atoms with van der Waals surface area (Å²) in [5, 5.41) is 9.15. The molecule has 0 heterocycles. The molecule has 0 aliphatic heterocycles. The van der Waals surface area contributed by atoms with Crippen LogP contribution in [-0.4, -0.2) is 25.3 Å². The lowest BCUT2D eigenvalue weighted by molar-refractivity contribution is -0.137. The number of benzene rings is 1. The molecule has 1 aromatic carbocycles. The maximum atomic E-state index is 11.1. The van der Waals surface area contributed by atoms with Crippen LogP contribution in [-0.2, 0) is 10.2 Å². The molecule has 110 valence electrons. The van der Waals surface area contributed by atoms with Crippen LogP contribution in [0.2, 0.25) is 0 Å². The van der Waals surface area contributed by atoms with E-state index in [-0.39, 0.29) is 11.8 Å². The Hall–Kier alpha value is -1.71. The van der Waals surface area contributed by atoms with Gasteiger partial charge in [-0.15, -0.1) is 0 Å². The Morgan fingerprint density at radius 2 is 1.80 bits per heavy atom. The molecule has 0 bridgehead atoms. The normalized spacial score (nSPS) is 16.1. The Bertz CT molecular complexity index is 515. The summed E-state index contributed by atoms with van der Waals surface area (Å²) >= 11 is 0. The van der Waals surface area contributed by atoms with Crippen molar-refractivity contribution in [3.63, 3.8) is 0 Å². The molecule has 0 amide bonds. The van der Waals surface area contributed by atoms with Crippen molar-refractivity contribution in [1.82, 2.24) is 0 Å². The maximum absolute atomic E-state index is 11.1. The first kappa shape index (κ1) is 14.7. The van der Waals surface area contributed by atoms with Gasteiger partial charge in [-0.25, -0.2) is 0 Å². The zero-order chi connectivity index (χ0) is 14.9. The molecule has 4 heteroatoms. The summed E-state index contributed by atoms with van der Waals surface area (Å²) in [5.41, 5.74) is 2.04. The van der Waals surface area contributed by atoms with Crippen LogP contribution >= 0.6 is 0 Å². The molecule has 0 saturated heterocycles. The van der Waals surface area contributed by atoms with Gasteiger partial charge in [0.25, 0.3) is 0 Å². The van der Waals surface area contributed by atoms with Gasteiger partial charge in [-0.2, -0.15) is 0 Å². The summed E-state index contributed by atoms with van der Waals surface area (Å²) in [4.78, 5) is 11.1. The SMILES string of the molecule is COc1cc(C(C)C)c(C2(CC(=O)O)CC2)cc1OC. The monoisotopic (exact) mass is 278 g/mol. The molecule has 0 aromatic heterocycles. The second-order valence-electron chi connectivity index (χ2n) is 5.80. The predicted octanol–water partition coefficient (Wildman–Crippen LogP) is 3.33. The van der Waals surface area contributed by atoms with E-state index in [1.54, 1.807) is 14.2 Å². The van der Waals surface area contributed by atoms with Gasteiger partial charge in [0.2, 0.25) is 0 Å². The van der Waals surface area contributed by atoms with Gasteiger partial charge in [0.15, 0.2) is 11.5 Å². The van der Waals surface area contributed by atoms with E-state index >= 15 is 0 Å². The Labute approximate surface area is 119 Å². The molecule has 1 aliphatic rings. The summed E-state index contributed by atoms with van der Waals surface area (Å²) in [6.07, 6.45) is 2.03. The Morgan fingerprint density at radius 3 is 2.20 bits per heavy atom. The van der Waals surface area contributed by atoms with E-state index < -0.39 is 5.97 Å². The fourth-order valence-corrected chi connectivity index (χ4v) is 2.81. The molecule has 1 aromatic rings. The molecule has 1 N–H and O–H groups in total. The van der Waals surface area contributed by atoms with Crippen molar-refractivity contribution in [1.29, 1.82) is 0 Å². The first-order valence-corrected chi connectivity index (χ1v) is 6.91. The molecule has 4 nitrogen and oxygen atoms in total. The highest BCUT2D eigenvalue weighted by Gasteiger charge is 2.47. The van der Waals surface area contributed by atoms with Crippen LogP contribution in [0.15, 0.2) is 12.1 Å². The maximum Gasteiger partial charge on any atom is 0.304 e. The van der Waals surface area contributed by atoms with Gasteiger partial charge in [0, 0.05) is 5.41 Å². The fraction of sp³-hybridized carbons (Fsp3) is 0.562. The summed E-state index contributed by atoms with van der Waals surface area (Å²) in [5.74, 6) is 0.942. The molecule has 20 heavy (non-hydrogen) atoms. The Kier molecular flexibility index (Phi) is 3.93. The molecule has 0 spiro atoms. The zero-order valence-corrected chi connectivity index (χ0v) is 12.5. The van der Waals surface area contributed by atoms with Gasteiger partial charge >= 0.3 is 5.97 Å². The van der Waals surface area contributed by atoms with Crippen LogP contribution in [0.1, 0.15) is 50.2 Å². The molecule has 2 rings (SSSR count). The first-order chi connectivity index (χ1) is 9.43. The van der Waals surface area contributed by atoms with E-state index in [1.165, 1.54) is 0 Å². The van der Waals surface area contributed by atoms with E-state index in [0.29, 0.717) is 17.4 Å². The third-order valence-corrected chi connectivity index (χ3v) is 4.09. The minimum Gasteiger partial charge on any atom is -0.493 e. The zero-order valence-electron chi connectivity index (χ0n) is 12.5. The van der Waals surface area contributed by atoms with Crippen molar-refractivity contribution >= 4 is 5.97 Å². The van der Waals surface area contributed by atoms with Gasteiger partial charge in [0.05, 0.1) is 20.6 Å². The van der Waals surface area contributed by atoms with Crippen molar-refractivity contribution in [3.05, 3.63) is 23.3 Å². The predicted molar refractivity (Wildman–Crippen MR) is 76.8 cm³/mol. The van der Waals surface area contributed by atoms with Gasteiger partial charge < -0.3 is 14.6 Å². The van der Waals surface area contributed by atoms with Gasteiger partial charge in [-0.05, 0) is 42.0 Å². The van der Waals surface area contributed by atoms with E-state index in [9.17, 15) is 4.79 Å². The summed E-state index contributed by atoms with van der Waals surface area (Å²) in [6, 6.07) is 3.95. The number of methoxy groups -OCH3 is 2. The van der Waals surface area contributed by atoms with Crippen LogP contribution in [0.5, 0.6) is 11.5 Å². The Morgan fingerprint density at radius 1 is 1.25 bits per heavy atom. The lowest BCUT2D eigenvalue weighted by Gasteiger charge is -2.22. The van der Waals surface area contributed by atoms with Crippen LogP contribution in [0, 0.1) is 0 Å². The topological polar surface area (TPSA) is 55.8 Å². The van der Waals surface area contributed by atoms with Crippen molar-refractivity contribution in [2.45, 2.75) is 44.4 Å². The minimum atomic E-state index is -0.744. The van der Waals surface area contributed by atoms with Crippen LogP contribution in [0.3, 0.4) is 0 Å². The number of carboxylic acid groups (broad SMARTS) is 1. The van der Waals surface area contributed by atoms with Crippen molar-refractivity contribution in [3.8, 4) is 11.5 Å². The average Bonchev–Trinajstić information content (AvgIpc) is 3.16. The number of aliphatic carboxylic acids is 1. The number of carboxylic acids is 1. The summed E-state index contributed by atoms with van der Waals surface area (Å²) in [6.45, 7) is 4.23. The lowest BCUT2D eigenvalue weighted by Crippen LogP contribution is -2.16. The van der Waals surface area contributed by atoms with E-state index in [0.717, 1.165) is 24.0 Å². The largest absolute Gasteiger partial charge is 0.493 e. The van der Waals surface area contributed by atoms with Gasteiger partial charge in [-0.3, -0.25) is 4.79 Å². The average molecular weight is 278 g/mol. The fourth-order valence-electron chi connectivity index (χ4n) is 2.81. The molecule has 0 radical (unpaired) electrons. The molecular formula is C16H22O4. The summed E-state index contributed by atoms with van der Waals surface area (Å²) in [7, 11) is 3.22. The summed E-state index contributed by atoms with van der Waals surface area (Å²) < 4.78 is 10.7. The third-order valence-electron chi connectivity index (χ3n) is 4.09. The number of hydrogen-bond donors (Lipinski definition) is 1. The molecule has 1 saturated carbocycles. The highest BCUT2D eigenvalue weighted by atomic mass is 16.5. The lowest BCUT2D eigenvalue weighted by atomic mass is 9.84. The van der Waals surface area contributed by atoms with E-state index in [1.807, 2.05) is 12.1 Å². The quantitative estimate of drug-likeness (QED) is 0.867. The van der Waals surface area contributed by atoms with E-state index in [4.69, 9.17) is 14.6 Å². The number of hydrogen-bond acceptors (Lipinski definition) is 3.